The molecule has 0 saturated heterocycles. The first kappa shape index (κ1) is 11.5. The third kappa shape index (κ3) is 2.97. The smallest absolute Gasteiger partial charge is 0.310 e. The first-order valence-corrected chi connectivity index (χ1v) is 6.66. The molecule has 0 fully saturated rings. The molecule has 1 heterocycles. The van der Waals surface area contributed by atoms with Gasteiger partial charge in [-0.1, -0.05) is 0 Å². The Labute approximate surface area is 89.9 Å². The van der Waals surface area contributed by atoms with E-state index in [1.807, 2.05) is 0 Å². The molecule has 4 nitrogen and oxygen atoms in total. The zero-order chi connectivity index (χ0) is 10.8. The van der Waals surface area contributed by atoms with Crippen LogP contribution in [0.15, 0.2) is 16.3 Å². The number of carbonyl (C=O) groups excluding carboxylic acids is 1. The molecule has 0 aromatic carbocycles. The molecule has 0 radical (unpaired) electrons. The zero-order valence-corrected chi connectivity index (χ0v) is 9.58. The molecule has 0 unspecified atom stereocenters. The standard InChI is InChI=1S/C7H7ClO4S2/c1-12-6(9)4-5-2-3-7(13-5)14(8,10)11/h2-3H,4H2,1H3. The minimum atomic E-state index is -3.69. The molecule has 0 aliphatic heterocycles. The van der Waals surface area contributed by atoms with Crippen molar-refractivity contribution in [2.75, 3.05) is 7.11 Å². The Morgan fingerprint density at radius 1 is 1.57 bits per heavy atom. The molecule has 0 bridgehead atoms. The van der Waals surface area contributed by atoms with Gasteiger partial charge in [0.1, 0.15) is 4.21 Å². The molecule has 0 aliphatic rings. The maximum atomic E-state index is 10.9. The van der Waals surface area contributed by atoms with Crippen molar-refractivity contribution in [1.29, 1.82) is 0 Å². The predicted octanol–water partition coefficient (Wildman–Crippen LogP) is 1.39. The van der Waals surface area contributed by atoms with Crippen molar-refractivity contribution < 1.29 is 17.9 Å². The summed E-state index contributed by atoms with van der Waals surface area (Å²) < 4.78 is 26.2. The average molecular weight is 255 g/mol. The molecule has 1 aromatic rings. The summed E-state index contributed by atoms with van der Waals surface area (Å²) in [5, 5.41) is 0. The van der Waals surface area contributed by atoms with E-state index in [0.717, 1.165) is 11.3 Å². The second-order valence-electron chi connectivity index (χ2n) is 2.41. The summed E-state index contributed by atoms with van der Waals surface area (Å²) >= 11 is 0.963. The third-order valence-corrected chi connectivity index (χ3v) is 4.60. The quantitative estimate of drug-likeness (QED) is 0.604. The van der Waals surface area contributed by atoms with Crippen LogP contribution in [0.1, 0.15) is 4.88 Å². The summed E-state index contributed by atoms with van der Waals surface area (Å²) in [7, 11) is 2.70. The van der Waals surface area contributed by atoms with Gasteiger partial charge in [0, 0.05) is 15.6 Å². The maximum Gasteiger partial charge on any atom is 0.310 e. The molecule has 0 amide bonds. The van der Waals surface area contributed by atoms with E-state index in [1.54, 1.807) is 0 Å². The summed E-state index contributed by atoms with van der Waals surface area (Å²) in [5.74, 6) is -0.412. The van der Waals surface area contributed by atoms with Gasteiger partial charge in [0.25, 0.3) is 9.05 Å². The summed E-state index contributed by atoms with van der Waals surface area (Å²) in [6.45, 7) is 0. The van der Waals surface area contributed by atoms with E-state index in [9.17, 15) is 13.2 Å². The van der Waals surface area contributed by atoms with Gasteiger partial charge in [-0.15, -0.1) is 11.3 Å². The van der Waals surface area contributed by atoms with Crippen LogP contribution in [0.4, 0.5) is 0 Å². The van der Waals surface area contributed by atoms with E-state index < -0.39 is 15.0 Å². The Morgan fingerprint density at radius 3 is 2.64 bits per heavy atom. The van der Waals surface area contributed by atoms with Crippen LogP contribution in [0.5, 0.6) is 0 Å². The second kappa shape index (κ2) is 4.29. The fraction of sp³-hybridized carbons (Fsp3) is 0.286. The monoisotopic (exact) mass is 254 g/mol. The fourth-order valence-electron chi connectivity index (χ4n) is 0.799. The van der Waals surface area contributed by atoms with Gasteiger partial charge in [0.15, 0.2) is 0 Å². The van der Waals surface area contributed by atoms with E-state index in [0.29, 0.717) is 4.88 Å². The van der Waals surface area contributed by atoms with Crippen LogP contribution >= 0.6 is 22.0 Å². The lowest BCUT2D eigenvalue weighted by molar-refractivity contribution is -0.139. The van der Waals surface area contributed by atoms with Gasteiger partial charge < -0.3 is 4.74 Å². The molecule has 0 atom stereocenters. The summed E-state index contributed by atoms with van der Waals surface area (Å²) in [5.41, 5.74) is 0. The van der Waals surface area contributed by atoms with Crippen molar-refractivity contribution in [3.05, 3.63) is 17.0 Å². The normalized spacial score (nSPS) is 11.3. The van der Waals surface area contributed by atoms with Crippen molar-refractivity contribution in [2.45, 2.75) is 10.6 Å². The fourth-order valence-corrected chi connectivity index (χ4v) is 2.91. The maximum absolute atomic E-state index is 10.9. The lowest BCUT2D eigenvalue weighted by Gasteiger charge is -1.94. The van der Waals surface area contributed by atoms with Crippen LogP contribution < -0.4 is 0 Å². The number of ether oxygens (including phenoxy) is 1. The van der Waals surface area contributed by atoms with Crippen LogP contribution in [-0.2, 0) is 25.0 Å². The Balaban J connectivity index is 2.84. The molecule has 1 aromatic heterocycles. The molecule has 0 aliphatic carbocycles. The van der Waals surface area contributed by atoms with Gasteiger partial charge >= 0.3 is 5.97 Å². The Kier molecular flexibility index (Phi) is 3.52. The Hall–Kier alpha value is -0.590. The predicted molar refractivity (Wildman–Crippen MR) is 53.1 cm³/mol. The summed E-state index contributed by atoms with van der Waals surface area (Å²) in [6.07, 6.45) is 0.0631. The number of esters is 1. The van der Waals surface area contributed by atoms with Crippen molar-refractivity contribution >= 4 is 37.0 Å². The highest BCUT2D eigenvalue weighted by molar-refractivity contribution is 8.15. The topological polar surface area (TPSA) is 60.4 Å². The zero-order valence-electron chi connectivity index (χ0n) is 7.19. The van der Waals surface area contributed by atoms with Crippen LogP contribution in [0.3, 0.4) is 0 Å². The minimum absolute atomic E-state index is 0.0399. The van der Waals surface area contributed by atoms with E-state index in [-0.39, 0.29) is 10.6 Å². The van der Waals surface area contributed by atoms with Crippen LogP contribution in [0, 0.1) is 0 Å². The molecular weight excluding hydrogens is 248 g/mol. The first-order valence-electron chi connectivity index (χ1n) is 3.53. The van der Waals surface area contributed by atoms with Crippen molar-refractivity contribution in [3.8, 4) is 0 Å². The molecule has 0 N–H and O–H groups in total. The minimum Gasteiger partial charge on any atom is -0.469 e. The number of hydrogen-bond acceptors (Lipinski definition) is 5. The number of methoxy groups -OCH3 is 1. The van der Waals surface area contributed by atoms with Gasteiger partial charge in [-0.3, -0.25) is 4.79 Å². The summed E-state index contributed by atoms with van der Waals surface area (Å²) in [6, 6.07) is 2.90. The lowest BCUT2D eigenvalue weighted by atomic mass is 10.3. The highest BCUT2D eigenvalue weighted by Crippen LogP contribution is 2.25. The number of rotatable bonds is 3. The van der Waals surface area contributed by atoms with Crippen LogP contribution in [0.2, 0.25) is 0 Å². The summed E-state index contributed by atoms with van der Waals surface area (Å²) in [4.78, 5) is 11.4. The molecule has 1 rings (SSSR count). The largest absolute Gasteiger partial charge is 0.469 e. The number of carbonyl (C=O) groups is 1. The van der Waals surface area contributed by atoms with E-state index in [4.69, 9.17) is 10.7 Å². The van der Waals surface area contributed by atoms with E-state index in [2.05, 4.69) is 4.74 Å². The van der Waals surface area contributed by atoms with Gasteiger partial charge in [-0.25, -0.2) is 8.42 Å². The number of halogens is 1. The van der Waals surface area contributed by atoms with Gasteiger partial charge in [0.2, 0.25) is 0 Å². The SMILES string of the molecule is COC(=O)Cc1ccc(S(=O)(=O)Cl)s1. The van der Waals surface area contributed by atoms with Crippen molar-refractivity contribution in [1.82, 2.24) is 0 Å². The van der Waals surface area contributed by atoms with E-state index >= 15 is 0 Å². The molecule has 78 valence electrons. The first-order chi connectivity index (χ1) is 6.43. The van der Waals surface area contributed by atoms with Crippen LogP contribution in [-0.4, -0.2) is 21.5 Å². The highest BCUT2D eigenvalue weighted by Gasteiger charge is 2.14. The third-order valence-electron chi connectivity index (χ3n) is 1.42. The molecule has 14 heavy (non-hydrogen) atoms. The van der Waals surface area contributed by atoms with Crippen molar-refractivity contribution in [2.24, 2.45) is 0 Å². The van der Waals surface area contributed by atoms with Crippen LogP contribution in [0.25, 0.3) is 0 Å². The highest BCUT2D eigenvalue weighted by atomic mass is 35.7. The Morgan fingerprint density at radius 2 is 2.21 bits per heavy atom. The number of hydrogen-bond donors (Lipinski definition) is 0. The Bertz CT molecular complexity index is 434. The molecule has 7 heteroatoms. The van der Waals surface area contributed by atoms with Crippen molar-refractivity contribution in [3.63, 3.8) is 0 Å². The average Bonchev–Trinajstić information content (AvgIpc) is 2.51. The lowest BCUT2D eigenvalue weighted by Crippen LogP contribution is -2.02. The van der Waals surface area contributed by atoms with Gasteiger partial charge in [-0.05, 0) is 12.1 Å². The van der Waals surface area contributed by atoms with Gasteiger partial charge in [-0.2, -0.15) is 0 Å². The van der Waals surface area contributed by atoms with Gasteiger partial charge in [0.05, 0.1) is 13.5 Å². The molecular formula is C7H7ClO4S2. The second-order valence-corrected chi connectivity index (χ2v) is 6.37. The molecule has 0 saturated carbocycles. The van der Waals surface area contributed by atoms with E-state index in [1.165, 1.54) is 19.2 Å². The molecule has 0 spiro atoms. The number of thiophene rings is 1.